The molecule has 8 nitrogen and oxygen atoms in total. The number of benzene rings is 2. The molecule has 3 heterocycles. The number of carbonyl (C=O) groups excluding carboxylic acids is 1. The molecule has 0 saturated carbocycles. The Morgan fingerprint density at radius 2 is 2.00 bits per heavy atom. The molecule has 204 valence electrons. The smallest absolute Gasteiger partial charge is 0.260 e. The minimum atomic E-state index is -0.272. The van der Waals surface area contributed by atoms with Crippen LogP contribution < -0.4 is 10.8 Å². The number of allylic oxidation sites excluding steroid dienone is 1. The minimum absolute atomic E-state index is 0.149. The zero-order valence-electron chi connectivity index (χ0n) is 22.5. The summed E-state index contributed by atoms with van der Waals surface area (Å²) in [4.78, 5) is 30.6. The van der Waals surface area contributed by atoms with Crippen molar-refractivity contribution in [2.24, 2.45) is 9.98 Å². The monoisotopic (exact) mass is 547 g/mol. The highest BCUT2D eigenvalue weighted by Crippen LogP contribution is 2.33. The largest absolute Gasteiger partial charge is 0.381 e. The van der Waals surface area contributed by atoms with E-state index in [1.807, 2.05) is 75.4 Å². The number of hydroxylamine groups is 1. The topological polar surface area (TPSA) is 87.5 Å². The predicted molar refractivity (Wildman–Crippen MR) is 154 cm³/mol. The van der Waals surface area contributed by atoms with Gasteiger partial charge in [-0.2, -0.15) is 0 Å². The number of amidine groups is 2. The summed E-state index contributed by atoms with van der Waals surface area (Å²) in [6, 6.07) is 15.8. The number of ether oxygens (including phenoxy) is 1. The first-order valence-corrected chi connectivity index (χ1v) is 13.8. The average Bonchev–Trinajstić information content (AvgIpc) is 3.38. The van der Waals surface area contributed by atoms with Crippen LogP contribution in [0.2, 0.25) is 5.02 Å². The van der Waals surface area contributed by atoms with Crippen LogP contribution >= 0.6 is 11.6 Å². The molecule has 1 saturated heterocycles. The van der Waals surface area contributed by atoms with E-state index in [1.165, 1.54) is 0 Å². The van der Waals surface area contributed by atoms with E-state index in [4.69, 9.17) is 26.2 Å². The Hall–Kier alpha value is -3.30. The van der Waals surface area contributed by atoms with Crippen LogP contribution in [0.15, 0.2) is 76.2 Å². The van der Waals surface area contributed by atoms with Gasteiger partial charge in [0.15, 0.2) is 12.1 Å². The van der Waals surface area contributed by atoms with Gasteiger partial charge in [0.2, 0.25) is 0 Å². The van der Waals surface area contributed by atoms with Gasteiger partial charge in [-0.25, -0.2) is 20.3 Å². The first-order chi connectivity index (χ1) is 18.9. The summed E-state index contributed by atoms with van der Waals surface area (Å²) in [5.41, 5.74) is 6.67. The summed E-state index contributed by atoms with van der Waals surface area (Å²) >= 11 is 6.77. The van der Waals surface area contributed by atoms with Gasteiger partial charge in [0.1, 0.15) is 5.84 Å². The van der Waals surface area contributed by atoms with Gasteiger partial charge in [0.25, 0.3) is 5.91 Å². The lowest BCUT2D eigenvalue weighted by Gasteiger charge is -2.32. The second-order valence-electron chi connectivity index (χ2n) is 9.85. The summed E-state index contributed by atoms with van der Waals surface area (Å²) < 4.78 is 5.49. The quantitative estimate of drug-likeness (QED) is 0.517. The second kappa shape index (κ2) is 12.3. The molecule has 0 radical (unpaired) electrons. The van der Waals surface area contributed by atoms with Gasteiger partial charge in [-0.05, 0) is 51.3 Å². The molecule has 2 N–H and O–H groups in total. The highest BCUT2D eigenvalue weighted by molar-refractivity contribution is 6.37. The summed E-state index contributed by atoms with van der Waals surface area (Å²) in [6.45, 7) is 7.73. The van der Waals surface area contributed by atoms with E-state index in [2.05, 4.69) is 15.8 Å². The van der Waals surface area contributed by atoms with Crippen molar-refractivity contribution in [2.45, 2.75) is 58.6 Å². The number of rotatable bonds is 7. The molecule has 0 aromatic heterocycles. The molecule has 9 heteroatoms. The number of hydrogen-bond donors (Lipinski definition) is 2. The Morgan fingerprint density at radius 3 is 2.67 bits per heavy atom. The van der Waals surface area contributed by atoms with Crippen LogP contribution in [0.3, 0.4) is 0 Å². The predicted octanol–water partition coefficient (Wildman–Crippen LogP) is 4.85. The number of aliphatic imine (C=N–C) groups is 2. The Labute approximate surface area is 234 Å². The van der Waals surface area contributed by atoms with Crippen molar-refractivity contribution in [2.75, 3.05) is 13.2 Å². The van der Waals surface area contributed by atoms with Gasteiger partial charge >= 0.3 is 0 Å². The average molecular weight is 548 g/mol. The van der Waals surface area contributed by atoms with Crippen molar-refractivity contribution in [3.63, 3.8) is 0 Å². The van der Waals surface area contributed by atoms with E-state index in [1.54, 1.807) is 11.0 Å². The highest BCUT2D eigenvalue weighted by Gasteiger charge is 2.32. The molecule has 0 spiro atoms. The maximum Gasteiger partial charge on any atom is 0.260 e. The molecule has 0 aliphatic carbocycles. The number of amides is 1. The molecule has 2 aromatic rings. The maximum atomic E-state index is 14.1. The summed E-state index contributed by atoms with van der Waals surface area (Å²) in [7, 11) is 0. The number of carbonyl (C=O) groups is 1. The lowest BCUT2D eigenvalue weighted by atomic mass is 9.95. The maximum absolute atomic E-state index is 14.1. The molecule has 2 aromatic carbocycles. The van der Waals surface area contributed by atoms with Crippen molar-refractivity contribution in [3.05, 3.63) is 88.0 Å². The first kappa shape index (κ1) is 27.3. The highest BCUT2D eigenvalue weighted by atomic mass is 35.5. The van der Waals surface area contributed by atoms with Crippen LogP contribution in [-0.2, 0) is 20.9 Å². The molecule has 0 bridgehead atoms. The molecule has 1 fully saturated rings. The fraction of sp³-hybridized carbons (Fsp3) is 0.367. The van der Waals surface area contributed by atoms with Gasteiger partial charge in [-0.15, -0.1) is 0 Å². The standard InChI is InChI=1S/C30H34ClN5O3/c1-4-22-16-26(25-11-10-23(17-27(25)31)28-34-20(3)39-35-28)30(37)36(18-21-8-6-5-7-9-21)29(22)33-19(2)32-24-12-14-38-15-13-24/h4-11,16-17,19-20,24,32H,12-15,18H2,1-3H3,(H,34,35)/b22-4-,33-29+. The lowest BCUT2D eigenvalue weighted by molar-refractivity contribution is -0.122. The molecule has 5 rings (SSSR count). The minimum Gasteiger partial charge on any atom is -0.381 e. The molecule has 39 heavy (non-hydrogen) atoms. The molecule has 3 aliphatic rings. The fourth-order valence-electron chi connectivity index (χ4n) is 4.96. The molecular weight excluding hydrogens is 514 g/mol. The molecule has 3 aliphatic heterocycles. The summed E-state index contributed by atoms with van der Waals surface area (Å²) in [6.07, 6.45) is 5.33. The Morgan fingerprint density at radius 1 is 1.23 bits per heavy atom. The Balaban J connectivity index is 1.50. The van der Waals surface area contributed by atoms with Crippen LogP contribution in [0.5, 0.6) is 0 Å². The van der Waals surface area contributed by atoms with Gasteiger partial charge in [-0.3, -0.25) is 15.0 Å². The molecule has 2 unspecified atom stereocenters. The second-order valence-corrected chi connectivity index (χ2v) is 10.3. The van der Waals surface area contributed by atoms with E-state index in [-0.39, 0.29) is 18.3 Å². The number of nitrogens with zero attached hydrogens (tertiary/aromatic N) is 3. The summed E-state index contributed by atoms with van der Waals surface area (Å²) in [5.74, 6) is 1.11. The van der Waals surface area contributed by atoms with E-state index < -0.39 is 0 Å². The fourth-order valence-corrected chi connectivity index (χ4v) is 5.24. The zero-order chi connectivity index (χ0) is 27.4. The SMILES string of the molecule is C/C=C1/C=C(c2ccc(C3=NC(C)ON3)cc2Cl)C(=O)N(Cc2ccccc2)/C1=N/C(C)NC1CCOCC1. The Kier molecular flexibility index (Phi) is 8.57. The van der Waals surface area contributed by atoms with Crippen LogP contribution in [0, 0.1) is 0 Å². The van der Waals surface area contributed by atoms with Crippen LogP contribution in [0.1, 0.15) is 50.3 Å². The third-order valence-corrected chi connectivity index (χ3v) is 7.28. The van der Waals surface area contributed by atoms with Crippen molar-refractivity contribution in [1.82, 2.24) is 15.7 Å². The van der Waals surface area contributed by atoms with Gasteiger partial charge in [0.05, 0.1) is 12.7 Å². The van der Waals surface area contributed by atoms with Crippen LogP contribution in [0.25, 0.3) is 5.57 Å². The summed E-state index contributed by atoms with van der Waals surface area (Å²) in [5, 5.41) is 4.06. The number of hydrogen-bond acceptors (Lipinski definition) is 7. The van der Waals surface area contributed by atoms with E-state index in [9.17, 15) is 4.79 Å². The van der Waals surface area contributed by atoms with Gasteiger partial charge < -0.3 is 4.74 Å². The molecule has 2 atom stereocenters. The third kappa shape index (κ3) is 6.31. The van der Waals surface area contributed by atoms with Crippen molar-refractivity contribution in [3.8, 4) is 0 Å². The van der Waals surface area contributed by atoms with Crippen LogP contribution in [0.4, 0.5) is 0 Å². The van der Waals surface area contributed by atoms with E-state index >= 15 is 0 Å². The number of nitrogens with one attached hydrogen (secondary N) is 2. The lowest BCUT2D eigenvalue weighted by Crippen LogP contribution is -2.44. The first-order valence-electron chi connectivity index (χ1n) is 13.4. The zero-order valence-corrected chi connectivity index (χ0v) is 23.2. The van der Waals surface area contributed by atoms with E-state index in [0.717, 1.165) is 42.8 Å². The number of halogens is 1. The van der Waals surface area contributed by atoms with Crippen molar-refractivity contribution < 1.29 is 14.4 Å². The Bertz CT molecular complexity index is 1330. The van der Waals surface area contributed by atoms with Crippen molar-refractivity contribution in [1.29, 1.82) is 0 Å². The third-order valence-electron chi connectivity index (χ3n) is 6.97. The van der Waals surface area contributed by atoms with Gasteiger partial charge in [0, 0.05) is 46.6 Å². The molecular formula is C30H34ClN5O3. The molecule has 1 amide bonds. The van der Waals surface area contributed by atoms with Gasteiger partial charge in [-0.1, -0.05) is 60.1 Å². The van der Waals surface area contributed by atoms with E-state index in [0.29, 0.717) is 40.4 Å². The normalized spacial score (nSPS) is 23.1. The van der Waals surface area contributed by atoms with Crippen LogP contribution in [-0.4, -0.2) is 54.1 Å². The van der Waals surface area contributed by atoms with Crippen molar-refractivity contribution >= 4 is 34.8 Å².